The molecule has 0 bridgehead atoms. The molecule has 1 N–H and O–H groups in total. The van der Waals surface area contributed by atoms with Crippen LogP contribution >= 0.6 is 0 Å². The van der Waals surface area contributed by atoms with E-state index in [1.807, 2.05) is 32.0 Å². The van der Waals surface area contributed by atoms with Crippen LogP contribution in [0.4, 0.5) is 5.69 Å². The van der Waals surface area contributed by atoms with Gasteiger partial charge in [0.1, 0.15) is 0 Å². The Bertz CT molecular complexity index is 700. The maximum absolute atomic E-state index is 12.5. The van der Waals surface area contributed by atoms with Crippen molar-refractivity contribution in [2.24, 2.45) is 0 Å². The molecule has 0 heterocycles. The number of hydrogen-bond donors (Lipinski definition) is 1. The third-order valence-corrected chi connectivity index (χ3v) is 3.56. The number of amides is 1. The number of rotatable bonds is 5. The first kappa shape index (κ1) is 16.7. The van der Waals surface area contributed by atoms with Crippen LogP contribution in [0.25, 0.3) is 0 Å². The van der Waals surface area contributed by atoms with Crippen LogP contribution in [-0.4, -0.2) is 27.2 Å². The third-order valence-electron chi connectivity index (χ3n) is 3.56. The van der Waals surface area contributed by atoms with Crippen molar-refractivity contribution in [1.82, 2.24) is 0 Å². The second-order valence-electron chi connectivity index (χ2n) is 5.19. The summed E-state index contributed by atoms with van der Waals surface area (Å²) in [5.41, 5.74) is 3.16. The molecule has 0 aliphatic heterocycles. The Morgan fingerprint density at radius 1 is 0.913 bits per heavy atom. The molecule has 0 spiro atoms. The number of carbonyl (C=O) groups excluding carboxylic acids is 1. The Morgan fingerprint density at radius 3 is 2.04 bits per heavy atom. The zero-order chi connectivity index (χ0) is 17.0. The van der Waals surface area contributed by atoms with Crippen LogP contribution in [0.5, 0.6) is 17.2 Å². The molecule has 0 aliphatic rings. The summed E-state index contributed by atoms with van der Waals surface area (Å²) in [4.78, 5) is 12.5. The van der Waals surface area contributed by atoms with Crippen LogP contribution in [0.3, 0.4) is 0 Å². The fraction of sp³-hybridized carbons (Fsp3) is 0.278. The Balaban J connectivity index is 2.36. The van der Waals surface area contributed by atoms with Crippen LogP contribution in [0.1, 0.15) is 21.5 Å². The molecular weight excluding hydrogens is 294 g/mol. The Morgan fingerprint density at radius 2 is 1.52 bits per heavy atom. The van der Waals surface area contributed by atoms with E-state index in [9.17, 15) is 4.79 Å². The molecule has 5 heteroatoms. The normalized spacial score (nSPS) is 10.1. The highest BCUT2D eigenvalue weighted by molar-refractivity contribution is 6.05. The highest BCUT2D eigenvalue weighted by Gasteiger charge is 2.16. The summed E-state index contributed by atoms with van der Waals surface area (Å²) in [6, 6.07) is 9.17. The summed E-state index contributed by atoms with van der Waals surface area (Å²) in [5, 5.41) is 2.87. The Kier molecular flexibility index (Phi) is 5.11. The molecule has 0 aromatic heterocycles. The fourth-order valence-corrected chi connectivity index (χ4v) is 2.33. The summed E-state index contributed by atoms with van der Waals surface area (Å²) >= 11 is 0. The van der Waals surface area contributed by atoms with Crippen molar-refractivity contribution in [2.75, 3.05) is 26.6 Å². The van der Waals surface area contributed by atoms with E-state index in [1.165, 1.54) is 21.3 Å². The molecule has 0 radical (unpaired) electrons. The van der Waals surface area contributed by atoms with E-state index in [2.05, 4.69) is 5.32 Å². The molecule has 122 valence electrons. The van der Waals surface area contributed by atoms with E-state index in [0.29, 0.717) is 28.5 Å². The van der Waals surface area contributed by atoms with Crippen LogP contribution in [-0.2, 0) is 0 Å². The molecule has 23 heavy (non-hydrogen) atoms. The van der Waals surface area contributed by atoms with Crippen LogP contribution < -0.4 is 19.5 Å². The van der Waals surface area contributed by atoms with E-state index in [4.69, 9.17) is 14.2 Å². The molecule has 5 nitrogen and oxygen atoms in total. The number of nitrogens with one attached hydrogen (secondary N) is 1. The monoisotopic (exact) mass is 315 g/mol. The van der Waals surface area contributed by atoms with Crippen molar-refractivity contribution in [2.45, 2.75) is 13.8 Å². The molecule has 2 aromatic carbocycles. The van der Waals surface area contributed by atoms with Crippen molar-refractivity contribution in [3.63, 3.8) is 0 Å². The topological polar surface area (TPSA) is 56.8 Å². The number of hydrogen-bond acceptors (Lipinski definition) is 4. The minimum absolute atomic E-state index is 0.180. The van der Waals surface area contributed by atoms with Crippen LogP contribution in [0.2, 0.25) is 0 Å². The van der Waals surface area contributed by atoms with Gasteiger partial charge < -0.3 is 19.5 Å². The maximum Gasteiger partial charge on any atom is 0.255 e. The standard InChI is InChI=1S/C18H21NO4/c1-11-6-7-12(2)14(8-11)18(20)19-13-9-15(21-3)17(23-5)16(10-13)22-4/h6-10H,1-5H3,(H,19,20). The van der Waals surface area contributed by atoms with E-state index in [-0.39, 0.29) is 5.91 Å². The van der Waals surface area contributed by atoms with Gasteiger partial charge in [-0.2, -0.15) is 0 Å². The van der Waals surface area contributed by atoms with Gasteiger partial charge in [-0.1, -0.05) is 17.7 Å². The zero-order valence-electron chi connectivity index (χ0n) is 14.0. The SMILES string of the molecule is COc1cc(NC(=O)c2cc(C)ccc2C)cc(OC)c1OC. The summed E-state index contributed by atoms with van der Waals surface area (Å²) < 4.78 is 15.9. The predicted octanol–water partition coefficient (Wildman–Crippen LogP) is 3.58. The second-order valence-corrected chi connectivity index (χ2v) is 5.19. The maximum atomic E-state index is 12.5. The first-order chi connectivity index (χ1) is 11.0. The van der Waals surface area contributed by atoms with Crippen LogP contribution in [0, 0.1) is 13.8 Å². The van der Waals surface area contributed by atoms with Gasteiger partial charge in [0.05, 0.1) is 21.3 Å². The van der Waals surface area contributed by atoms with Crippen molar-refractivity contribution >= 4 is 11.6 Å². The van der Waals surface area contributed by atoms with Crippen LogP contribution in [0.15, 0.2) is 30.3 Å². The minimum Gasteiger partial charge on any atom is -0.493 e. The molecule has 0 saturated carbocycles. The molecule has 1 amide bonds. The lowest BCUT2D eigenvalue weighted by Gasteiger charge is -2.15. The van der Waals surface area contributed by atoms with Gasteiger partial charge in [0.25, 0.3) is 5.91 Å². The molecule has 0 atom stereocenters. The largest absolute Gasteiger partial charge is 0.493 e. The summed E-state index contributed by atoms with van der Waals surface area (Å²) in [5.74, 6) is 1.28. The van der Waals surface area contributed by atoms with E-state index in [0.717, 1.165) is 11.1 Å². The Hall–Kier alpha value is -2.69. The lowest BCUT2D eigenvalue weighted by Crippen LogP contribution is -2.14. The van der Waals surface area contributed by atoms with Gasteiger partial charge in [-0.25, -0.2) is 0 Å². The third kappa shape index (κ3) is 3.56. The predicted molar refractivity (Wildman–Crippen MR) is 90.0 cm³/mol. The van der Waals surface area contributed by atoms with Gasteiger partial charge in [0.15, 0.2) is 11.5 Å². The van der Waals surface area contributed by atoms with Gasteiger partial charge in [0.2, 0.25) is 5.75 Å². The molecule has 2 rings (SSSR count). The number of anilines is 1. The van der Waals surface area contributed by atoms with E-state index in [1.54, 1.807) is 12.1 Å². The number of aryl methyl sites for hydroxylation is 2. The van der Waals surface area contributed by atoms with Gasteiger partial charge in [0, 0.05) is 23.4 Å². The second kappa shape index (κ2) is 7.05. The highest BCUT2D eigenvalue weighted by Crippen LogP contribution is 2.40. The average molecular weight is 315 g/mol. The lowest BCUT2D eigenvalue weighted by molar-refractivity contribution is 0.102. The first-order valence-electron chi connectivity index (χ1n) is 7.18. The first-order valence-corrected chi connectivity index (χ1v) is 7.18. The molecule has 0 saturated heterocycles. The minimum atomic E-state index is -0.180. The smallest absolute Gasteiger partial charge is 0.255 e. The number of carbonyl (C=O) groups is 1. The number of ether oxygens (including phenoxy) is 3. The van der Waals surface area contributed by atoms with Gasteiger partial charge in [-0.15, -0.1) is 0 Å². The van der Waals surface area contributed by atoms with Gasteiger partial charge >= 0.3 is 0 Å². The molecular formula is C18H21NO4. The summed E-state index contributed by atoms with van der Waals surface area (Å²) in [7, 11) is 4.61. The lowest BCUT2D eigenvalue weighted by atomic mass is 10.0. The Labute approximate surface area is 136 Å². The average Bonchev–Trinajstić information content (AvgIpc) is 2.55. The molecule has 2 aromatic rings. The van der Waals surface area contributed by atoms with Gasteiger partial charge in [-0.3, -0.25) is 4.79 Å². The summed E-state index contributed by atoms with van der Waals surface area (Å²) in [6.45, 7) is 3.86. The van der Waals surface area contributed by atoms with Gasteiger partial charge in [-0.05, 0) is 25.5 Å². The van der Waals surface area contributed by atoms with Crippen molar-refractivity contribution < 1.29 is 19.0 Å². The fourth-order valence-electron chi connectivity index (χ4n) is 2.33. The summed E-state index contributed by atoms with van der Waals surface area (Å²) in [6.07, 6.45) is 0. The van der Waals surface area contributed by atoms with E-state index < -0.39 is 0 Å². The van der Waals surface area contributed by atoms with Crippen molar-refractivity contribution in [3.8, 4) is 17.2 Å². The number of methoxy groups -OCH3 is 3. The van der Waals surface area contributed by atoms with Crippen molar-refractivity contribution in [3.05, 3.63) is 47.0 Å². The van der Waals surface area contributed by atoms with Crippen molar-refractivity contribution in [1.29, 1.82) is 0 Å². The highest BCUT2D eigenvalue weighted by atomic mass is 16.5. The number of benzene rings is 2. The molecule has 0 fully saturated rings. The zero-order valence-corrected chi connectivity index (χ0v) is 14.0. The molecule has 0 aliphatic carbocycles. The van der Waals surface area contributed by atoms with E-state index >= 15 is 0 Å². The quantitative estimate of drug-likeness (QED) is 0.916. The molecule has 0 unspecified atom stereocenters.